The lowest BCUT2D eigenvalue weighted by molar-refractivity contribution is -0.145. The average Bonchev–Trinajstić information content (AvgIpc) is 2.72. The Bertz CT molecular complexity index is 341. The highest BCUT2D eigenvalue weighted by atomic mass is 16.4. The number of rotatable bonds is 2. The minimum Gasteiger partial charge on any atom is -0.480 e. The van der Waals surface area contributed by atoms with Crippen LogP contribution in [0, 0.1) is 0 Å². The fraction of sp³-hybridized carbons (Fsp3) is 0.667. The number of aromatic amines is 1. The van der Waals surface area contributed by atoms with Crippen molar-refractivity contribution in [2.24, 2.45) is 5.73 Å². The maximum Gasteiger partial charge on any atom is 0.317 e. The Morgan fingerprint density at radius 3 is 2.73 bits per heavy atom. The number of hydrogen-bond donors (Lipinski definition) is 3. The molecule has 82 valence electrons. The van der Waals surface area contributed by atoms with Crippen LogP contribution < -0.4 is 5.73 Å². The molecule has 0 radical (unpaired) electrons. The zero-order valence-electron chi connectivity index (χ0n) is 8.31. The molecule has 1 heterocycles. The van der Waals surface area contributed by atoms with Gasteiger partial charge in [-0.05, 0) is 25.7 Å². The number of carbonyl (C=O) groups is 1. The molecule has 0 amide bonds. The lowest BCUT2D eigenvalue weighted by Gasteiger charge is -2.33. The molecule has 1 aromatic heterocycles. The van der Waals surface area contributed by atoms with Gasteiger partial charge < -0.3 is 10.8 Å². The average molecular weight is 210 g/mol. The van der Waals surface area contributed by atoms with E-state index in [1.165, 1.54) is 6.33 Å². The summed E-state index contributed by atoms with van der Waals surface area (Å²) < 4.78 is 0. The molecule has 0 saturated heterocycles. The molecule has 15 heavy (non-hydrogen) atoms. The summed E-state index contributed by atoms with van der Waals surface area (Å²) in [5.74, 6) is -0.395. The Morgan fingerprint density at radius 2 is 2.27 bits per heavy atom. The molecule has 0 atom stereocenters. The topological polar surface area (TPSA) is 105 Å². The molecule has 6 nitrogen and oxygen atoms in total. The van der Waals surface area contributed by atoms with Gasteiger partial charge in [0.1, 0.15) is 17.6 Å². The van der Waals surface area contributed by atoms with Gasteiger partial charge in [-0.2, -0.15) is 5.10 Å². The smallest absolute Gasteiger partial charge is 0.317 e. The minimum atomic E-state index is -0.910. The second kappa shape index (κ2) is 3.62. The first-order valence-electron chi connectivity index (χ1n) is 5.00. The van der Waals surface area contributed by atoms with E-state index in [4.69, 9.17) is 5.73 Å². The lowest BCUT2D eigenvalue weighted by Crippen LogP contribution is -2.43. The van der Waals surface area contributed by atoms with E-state index in [0.29, 0.717) is 31.5 Å². The number of aromatic nitrogens is 3. The van der Waals surface area contributed by atoms with Crippen molar-refractivity contribution >= 4 is 5.97 Å². The van der Waals surface area contributed by atoms with Crippen molar-refractivity contribution in [1.29, 1.82) is 0 Å². The molecular weight excluding hydrogens is 196 g/mol. The normalized spacial score (nSPS) is 31.4. The van der Waals surface area contributed by atoms with Gasteiger partial charge in [-0.3, -0.25) is 9.89 Å². The van der Waals surface area contributed by atoms with Crippen molar-refractivity contribution in [2.45, 2.75) is 37.1 Å². The first-order chi connectivity index (χ1) is 7.15. The molecule has 4 N–H and O–H groups in total. The number of carboxylic acid groups (broad SMARTS) is 1. The largest absolute Gasteiger partial charge is 0.480 e. The van der Waals surface area contributed by atoms with Crippen LogP contribution in [0.3, 0.4) is 0 Å². The molecule has 1 aliphatic rings. The number of H-pyrrole nitrogens is 1. The number of hydrogen-bond acceptors (Lipinski definition) is 4. The van der Waals surface area contributed by atoms with Crippen LogP contribution in [0.1, 0.15) is 31.5 Å². The van der Waals surface area contributed by atoms with Gasteiger partial charge in [0.2, 0.25) is 0 Å². The highest BCUT2D eigenvalue weighted by molar-refractivity contribution is 5.80. The highest BCUT2D eigenvalue weighted by Crippen LogP contribution is 2.37. The Morgan fingerprint density at radius 1 is 1.60 bits per heavy atom. The maximum absolute atomic E-state index is 11.4. The summed E-state index contributed by atoms with van der Waals surface area (Å²) in [6.45, 7) is 0. The minimum absolute atomic E-state index is 0.111. The first kappa shape index (κ1) is 10.1. The molecule has 6 heteroatoms. The van der Waals surface area contributed by atoms with E-state index < -0.39 is 11.4 Å². The summed E-state index contributed by atoms with van der Waals surface area (Å²) in [4.78, 5) is 15.3. The summed E-state index contributed by atoms with van der Waals surface area (Å²) in [7, 11) is 0. The van der Waals surface area contributed by atoms with Gasteiger partial charge in [0.15, 0.2) is 0 Å². The van der Waals surface area contributed by atoms with E-state index in [2.05, 4.69) is 15.2 Å². The molecule has 0 aliphatic heterocycles. The van der Waals surface area contributed by atoms with E-state index in [1.54, 1.807) is 0 Å². The van der Waals surface area contributed by atoms with Gasteiger partial charge in [-0.15, -0.1) is 0 Å². The third-order valence-corrected chi connectivity index (χ3v) is 3.16. The van der Waals surface area contributed by atoms with E-state index in [1.807, 2.05) is 0 Å². The monoisotopic (exact) mass is 210 g/mol. The molecule has 2 rings (SSSR count). The molecule has 1 saturated carbocycles. The predicted octanol–water partition coefficient (Wildman–Crippen LogP) is 0.0284. The third kappa shape index (κ3) is 1.61. The van der Waals surface area contributed by atoms with Crippen LogP contribution >= 0.6 is 0 Å². The summed E-state index contributed by atoms with van der Waals surface area (Å²) in [6, 6.07) is 0.111. The van der Waals surface area contributed by atoms with Crippen molar-refractivity contribution in [1.82, 2.24) is 15.2 Å². The van der Waals surface area contributed by atoms with Crippen molar-refractivity contribution in [3.8, 4) is 0 Å². The molecule has 1 aliphatic carbocycles. The fourth-order valence-electron chi connectivity index (χ4n) is 2.12. The Hall–Kier alpha value is -1.43. The number of carboxylic acids is 1. The number of nitrogens with one attached hydrogen (secondary N) is 1. The molecule has 1 aromatic rings. The van der Waals surface area contributed by atoms with Crippen LogP contribution in [0.25, 0.3) is 0 Å². The molecule has 0 bridgehead atoms. The van der Waals surface area contributed by atoms with Gasteiger partial charge >= 0.3 is 5.97 Å². The van der Waals surface area contributed by atoms with Gasteiger partial charge in [0.05, 0.1) is 0 Å². The molecule has 1 fully saturated rings. The third-order valence-electron chi connectivity index (χ3n) is 3.16. The van der Waals surface area contributed by atoms with Crippen LogP contribution in [-0.4, -0.2) is 32.3 Å². The second-order valence-corrected chi connectivity index (χ2v) is 4.06. The second-order valence-electron chi connectivity index (χ2n) is 4.06. The fourth-order valence-corrected chi connectivity index (χ4v) is 2.12. The maximum atomic E-state index is 11.4. The zero-order chi connectivity index (χ0) is 10.9. The summed E-state index contributed by atoms with van der Waals surface area (Å²) in [5, 5.41) is 15.7. The van der Waals surface area contributed by atoms with Crippen molar-refractivity contribution in [3.63, 3.8) is 0 Å². The van der Waals surface area contributed by atoms with Crippen molar-refractivity contribution in [2.75, 3.05) is 0 Å². The Labute approximate surface area is 86.9 Å². The summed E-state index contributed by atoms with van der Waals surface area (Å²) in [6.07, 6.45) is 3.83. The first-order valence-corrected chi connectivity index (χ1v) is 5.00. The van der Waals surface area contributed by atoms with Crippen LogP contribution in [0.15, 0.2) is 6.33 Å². The zero-order valence-corrected chi connectivity index (χ0v) is 8.31. The molecular formula is C9H14N4O2. The Kier molecular flexibility index (Phi) is 2.44. The summed E-state index contributed by atoms with van der Waals surface area (Å²) in [5.41, 5.74) is 4.86. The van der Waals surface area contributed by atoms with Crippen molar-refractivity contribution in [3.05, 3.63) is 12.2 Å². The molecule has 0 unspecified atom stereocenters. The Balaban J connectivity index is 2.30. The van der Waals surface area contributed by atoms with E-state index >= 15 is 0 Å². The lowest BCUT2D eigenvalue weighted by atomic mass is 9.72. The van der Waals surface area contributed by atoms with Gasteiger partial charge in [-0.1, -0.05) is 0 Å². The van der Waals surface area contributed by atoms with E-state index in [9.17, 15) is 9.90 Å². The van der Waals surface area contributed by atoms with E-state index in [-0.39, 0.29) is 6.04 Å². The highest BCUT2D eigenvalue weighted by Gasteiger charge is 2.45. The van der Waals surface area contributed by atoms with Gasteiger partial charge in [-0.25, -0.2) is 4.98 Å². The van der Waals surface area contributed by atoms with E-state index in [0.717, 1.165) is 0 Å². The quantitative estimate of drug-likeness (QED) is 0.638. The molecule has 0 aromatic carbocycles. The predicted molar refractivity (Wildman–Crippen MR) is 52.1 cm³/mol. The van der Waals surface area contributed by atoms with Crippen LogP contribution in [0.4, 0.5) is 0 Å². The molecule has 0 spiro atoms. The number of nitrogens with zero attached hydrogens (tertiary/aromatic N) is 2. The SMILES string of the molecule is NC1CCC(C(=O)O)(c2ncn[nH]2)CC1. The number of aliphatic carboxylic acids is 1. The summed E-state index contributed by atoms with van der Waals surface area (Å²) >= 11 is 0. The van der Waals surface area contributed by atoms with Gasteiger partial charge in [0, 0.05) is 6.04 Å². The standard InChI is InChI=1S/C9H14N4O2/c10-6-1-3-9(4-2-6,8(14)15)7-11-5-12-13-7/h5-6H,1-4,10H2,(H,14,15)(H,11,12,13). The van der Waals surface area contributed by atoms with Crippen LogP contribution in [0.5, 0.6) is 0 Å². The van der Waals surface area contributed by atoms with Gasteiger partial charge in [0.25, 0.3) is 0 Å². The van der Waals surface area contributed by atoms with Crippen molar-refractivity contribution < 1.29 is 9.90 Å². The van der Waals surface area contributed by atoms with Crippen LogP contribution in [0.2, 0.25) is 0 Å². The van der Waals surface area contributed by atoms with Crippen LogP contribution in [-0.2, 0) is 10.2 Å². The number of nitrogens with two attached hydrogens (primary N) is 1.